The second kappa shape index (κ2) is 8.89. The predicted octanol–water partition coefficient (Wildman–Crippen LogP) is 2.17. The van der Waals surface area contributed by atoms with Gasteiger partial charge in [0.05, 0.1) is 12.5 Å². The highest BCUT2D eigenvalue weighted by molar-refractivity contribution is 5.85. The molecule has 0 saturated carbocycles. The van der Waals surface area contributed by atoms with Crippen molar-refractivity contribution in [3.05, 3.63) is 35.4 Å². The highest BCUT2D eigenvalue weighted by atomic mass is 35.5. The highest BCUT2D eigenvalue weighted by Gasteiger charge is 2.26. The molecule has 5 nitrogen and oxygen atoms in total. The number of piperidine rings is 1. The molecule has 0 aliphatic carbocycles. The van der Waals surface area contributed by atoms with Crippen LogP contribution in [0.3, 0.4) is 0 Å². The minimum atomic E-state index is -0.720. The summed E-state index contributed by atoms with van der Waals surface area (Å²) < 4.78 is 0. The maximum atomic E-state index is 12.3. The largest absolute Gasteiger partial charge is 0.481 e. The van der Waals surface area contributed by atoms with Crippen molar-refractivity contribution in [3.8, 4) is 0 Å². The second-order valence-corrected chi connectivity index (χ2v) is 6.06. The van der Waals surface area contributed by atoms with E-state index < -0.39 is 5.97 Å². The molecule has 2 rings (SSSR count). The van der Waals surface area contributed by atoms with Crippen LogP contribution in [0.1, 0.15) is 24.0 Å². The van der Waals surface area contributed by atoms with Gasteiger partial charge in [-0.2, -0.15) is 0 Å². The van der Waals surface area contributed by atoms with Gasteiger partial charge in [-0.05, 0) is 44.0 Å². The number of carboxylic acids is 1. The van der Waals surface area contributed by atoms with Crippen molar-refractivity contribution in [3.63, 3.8) is 0 Å². The van der Waals surface area contributed by atoms with Crippen molar-refractivity contribution >= 4 is 24.3 Å². The topological polar surface area (TPSA) is 60.9 Å². The molecule has 0 aromatic heterocycles. The van der Waals surface area contributed by atoms with E-state index in [4.69, 9.17) is 5.11 Å². The Labute approximate surface area is 143 Å². The van der Waals surface area contributed by atoms with Gasteiger partial charge in [0.2, 0.25) is 5.91 Å². The van der Waals surface area contributed by atoms with Gasteiger partial charge in [-0.1, -0.05) is 24.3 Å². The van der Waals surface area contributed by atoms with Gasteiger partial charge in [0.25, 0.3) is 0 Å². The van der Waals surface area contributed by atoms with Crippen LogP contribution in [0.15, 0.2) is 24.3 Å². The van der Waals surface area contributed by atoms with Gasteiger partial charge >= 0.3 is 5.97 Å². The van der Waals surface area contributed by atoms with E-state index in [-0.39, 0.29) is 24.2 Å². The molecule has 1 aromatic carbocycles. The molecular weight excluding hydrogens is 316 g/mol. The van der Waals surface area contributed by atoms with Crippen LogP contribution in [-0.4, -0.2) is 53.5 Å². The third-order valence-electron chi connectivity index (χ3n) is 4.39. The number of halogens is 1. The van der Waals surface area contributed by atoms with Crippen LogP contribution < -0.4 is 0 Å². The zero-order valence-corrected chi connectivity index (χ0v) is 14.5. The van der Waals surface area contributed by atoms with E-state index in [2.05, 4.69) is 4.90 Å². The number of hydrogen-bond donors (Lipinski definition) is 1. The monoisotopic (exact) mass is 340 g/mol. The van der Waals surface area contributed by atoms with Crippen molar-refractivity contribution in [1.29, 1.82) is 0 Å². The maximum absolute atomic E-state index is 12.3. The number of aliphatic carboxylic acids is 1. The first-order chi connectivity index (χ1) is 10.5. The number of likely N-dealkylation sites (tertiary alicyclic amines) is 1. The van der Waals surface area contributed by atoms with Gasteiger partial charge in [0.1, 0.15) is 0 Å². The Morgan fingerprint density at radius 1 is 1.26 bits per heavy atom. The number of rotatable bonds is 5. The number of nitrogens with zero attached hydrogens (tertiary/aromatic N) is 2. The predicted molar refractivity (Wildman–Crippen MR) is 91.7 cm³/mol. The Bertz CT molecular complexity index is 542. The molecule has 0 spiro atoms. The van der Waals surface area contributed by atoms with Crippen LogP contribution in [0.5, 0.6) is 0 Å². The molecule has 1 fully saturated rings. The van der Waals surface area contributed by atoms with E-state index in [1.807, 2.05) is 38.2 Å². The van der Waals surface area contributed by atoms with Crippen LogP contribution in [-0.2, 0) is 16.1 Å². The van der Waals surface area contributed by atoms with E-state index in [9.17, 15) is 9.59 Å². The van der Waals surface area contributed by atoms with E-state index >= 15 is 0 Å². The van der Waals surface area contributed by atoms with Gasteiger partial charge in [-0.3, -0.25) is 14.5 Å². The summed E-state index contributed by atoms with van der Waals surface area (Å²) in [5.41, 5.74) is 2.34. The average Bonchev–Trinajstić information content (AvgIpc) is 2.50. The molecule has 0 radical (unpaired) electrons. The number of hydrogen-bond acceptors (Lipinski definition) is 3. The van der Waals surface area contributed by atoms with Crippen LogP contribution >= 0.6 is 12.4 Å². The molecular formula is C17H25ClN2O3. The number of amides is 1. The lowest BCUT2D eigenvalue weighted by atomic mass is 9.97. The summed E-state index contributed by atoms with van der Waals surface area (Å²) in [5, 5.41) is 8.99. The lowest BCUT2D eigenvalue weighted by Gasteiger charge is -2.30. The fourth-order valence-electron chi connectivity index (χ4n) is 2.78. The lowest BCUT2D eigenvalue weighted by Crippen LogP contribution is -2.43. The lowest BCUT2D eigenvalue weighted by molar-refractivity contribution is -0.143. The van der Waals surface area contributed by atoms with Gasteiger partial charge in [-0.15, -0.1) is 12.4 Å². The molecule has 23 heavy (non-hydrogen) atoms. The van der Waals surface area contributed by atoms with Crippen LogP contribution in [0.2, 0.25) is 0 Å². The Hall–Kier alpha value is -1.59. The Morgan fingerprint density at radius 2 is 1.87 bits per heavy atom. The van der Waals surface area contributed by atoms with Crippen molar-refractivity contribution < 1.29 is 14.7 Å². The number of aryl methyl sites for hydroxylation is 1. The molecule has 1 aromatic rings. The summed E-state index contributed by atoms with van der Waals surface area (Å²) in [6, 6.07) is 8.06. The standard InChI is InChI=1S/C17H24N2O3.ClH/c1-13-5-3-4-6-15(13)11-18(2)16(20)12-19-9-7-14(8-10-19)17(21)22;/h3-6,14H,7-12H2,1-2H3,(H,21,22);1H. The molecule has 1 N–H and O–H groups in total. The summed E-state index contributed by atoms with van der Waals surface area (Å²) in [6.07, 6.45) is 1.26. The van der Waals surface area contributed by atoms with Crippen molar-refractivity contribution in [2.24, 2.45) is 5.92 Å². The first kappa shape index (κ1) is 19.5. The van der Waals surface area contributed by atoms with Crippen molar-refractivity contribution in [1.82, 2.24) is 9.80 Å². The molecule has 6 heteroatoms. The molecule has 1 saturated heterocycles. The third-order valence-corrected chi connectivity index (χ3v) is 4.39. The van der Waals surface area contributed by atoms with Crippen molar-refractivity contribution in [2.75, 3.05) is 26.7 Å². The van der Waals surface area contributed by atoms with Gasteiger partial charge in [0, 0.05) is 13.6 Å². The van der Waals surface area contributed by atoms with Crippen LogP contribution in [0.25, 0.3) is 0 Å². The highest BCUT2D eigenvalue weighted by Crippen LogP contribution is 2.17. The molecule has 0 unspecified atom stereocenters. The van der Waals surface area contributed by atoms with Crippen molar-refractivity contribution in [2.45, 2.75) is 26.3 Å². The molecule has 1 amide bonds. The third kappa shape index (κ3) is 5.52. The van der Waals surface area contributed by atoms with Crippen LogP contribution in [0, 0.1) is 12.8 Å². The molecule has 1 aliphatic rings. The summed E-state index contributed by atoms with van der Waals surface area (Å²) in [7, 11) is 1.82. The zero-order chi connectivity index (χ0) is 16.1. The first-order valence-corrected chi connectivity index (χ1v) is 7.71. The Kier molecular flexibility index (Phi) is 7.52. The zero-order valence-electron chi connectivity index (χ0n) is 13.7. The van der Waals surface area contributed by atoms with Crippen LogP contribution in [0.4, 0.5) is 0 Å². The Balaban J connectivity index is 0.00000264. The SMILES string of the molecule is Cc1ccccc1CN(C)C(=O)CN1CCC(C(=O)O)CC1.Cl. The smallest absolute Gasteiger partial charge is 0.306 e. The minimum absolute atomic E-state index is 0. The van der Waals surface area contributed by atoms with E-state index in [1.165, 1.54) is 5.56 Å². The van der Waals surface area contributed by atoms with Gasteiger partial charge in [0.15, 0.2) is 0 Å². The Morgan fingerprint density at radius 3 is 2.43 bits per heavy atom. The molecule has 0 atom stereocenters. The number of carboxylic acid groups (broad SMARTS) is 1. The average molecular weight is 341 g/mol. The van der Waals surface area contributed by atoms with E-state index in [1.54, 1.807) is 4.90 Å². The molecule has 1 aliphatic heterocycles. The molecule has 1 heterocycles. The summed E-state index contributed by atoms with van der Waals surface area (Å²) >= 11 is 0. The fraction of sp³-hybridized carbons (Fsp3) is 0.529. The van der Waals surface area contributed by atoms with Gasteiger partial charge in [-0.25, -0.2) is 0 Å². The van der Waals surface area contributed by atoms with E-state index in [0.29, 0.717) is 39.0 Å². The summed E-state index contributed by atoms with van der Waals surface area (Å²) in [4.78, 5) is 27.0. The molecule has 0 bridgehead atoms. The fourth-order valence-corrected chi connectivity index (χ4v) is 2.78. The van der Waals surface area contributed by atoms with E-state index in [0.717, 1.165) is 5.56 Å². The summed E-state index contributed by atoms with van der Waals surface area (Å²) in [6.45, 7) is 4.39. The first-order valence-electron chi connectivity index (χ1n) is 7.71. The quantitative estimate of drug-likeness (QED) is 0.892. The second-order valence-electron chi connectivity index (χ2n) is 6.06. The summed E-state index contributed by atoms with van der Waals surface area (Å²) in [5.74, 6) is -0.893. The maximum Gasteiger partial charge on any atom is 0.306 e. The van der Waals surface area contributed by atoms with Gasteiger partial charge < -0.3 is 10.0 Å². The number of likely N-dealkylation sites (N-methyl/N-ethyl adjacent to an activating group) is 1. The number of benzene rings is 1. The number of carbonyl (C=O) groups excluding carboxylic acids is 1. The minimum Gasteiger partial charge on any atom is -0.481 e. The molecule has 128 valence electrons. The normalized spacial score (nSPS) is 15.7. The number of carbonyl (C=O) groups is 2.